The molecule has 5 nitrogen and oxygen atoms in total. The van der Waals surface area contributed by atoms with Crippen LogP contribution in [0.2, 0.25) is 5.02 Å². The van der Waals surface area contributed by atoms with Gasteiger partial charge in [-0.05, 0) is 27.7 Å². The van der Waals surface area contributed by atoms with Crippen molar-refractivity contribution in [2.45, 2.75) is 52.1 Å². The number of halogens is 4. The molecule has 0 aromatic carbocycles. The smallest absolute Gasteiger partial charge is 0.372 e. The van der Waals surface area contributed by atoms with Crippen molar-refractivity contribution in [2.75, 3.05) is 13.1 Å². The summed E-state index contributed by atoms with van der Waals surface area (Å²) in [5.41, 5.74) is -1.05. The van der Waals surface area contributed by atoms with Crippen LogP contribution in [0.5, 0.6) is 0 Å². The molecule has 1 aliphatic heterocycles. The van der Waals surface area contributed by atoms with Crippen molar-refractivity contribution in [2.24, 2.45) is 0 Å². The Bertz CT molecular complexity index is 593. The number of amides is 1. The number of hydrogen-bond donors (Lipinski definition) is 0. The summed E-state index contributed by atoms with van der Waals surface area (Å²) in [6, 6.07) is -0.874. The maximum atomic E-state index is 12.9. The summed E-state index contributed by atoms with van der Waals surface area (Å²) in [7, 11) is 0. The number of rotatable bonds is 2. The zero-order valence-electron chi connectivity index (χ0n) is 13.3. The van der Waals surface area contributed by atoms with E-state index in [2.05, 4.69) is 5.10 Å². The molecule has 0 saturated carbocycles. The zero-order valence-corrected chi connectivity index (χ0v) is 14.1. The average Bonchev–Trinajstić information content (AvgIpc) is 2.72. The number of morpholine rings is 1. The van der Waals surface area contributed by atoms with Crippen molar-refractivity contribution < 1.29 is 22.7 Å². The lowest BCUT2D eigenvalue weighted by Gasteiger charge is -2.36. The van der Waals surface area contributed by atoms with Crippen LogP contribution in [0.15, 0.2) is 0 Å². The van der Waals surface area contributed by atoms with Crippen molar-refractivity contribution in [1.29, 1.82) is 0 Å². The van der Waals surface area contributed by atoms with Gasteiger partial charge in [-0.3, -0.25) is 9.48 Å². The van der Waals surface area contributed by atoms with Crippen LogP contribution in [0.1, 0.15) is 38.2 Å². The molecule has 1 aromatic rings. The Morgan fingerprint density at radius 1 is 1.35 bits per heavy atom. The summed E-state index contributed by atoms with van der Waals surface area (Å²) in [6.07, 6.45) is -4.90. The SMILES string of the molecule is Cc1c(Cl)c(C(F)(F)F)nn1[C@H](C)C(=O)N1C[C@@H](C)O[C@H](C)C1. The highest BCUT2D eigenvalue weighted by Crippen LogP contribution is 2.36. The van der Waals surface area contributed by atoms with Crippen LogP contribution < -0.4 is 0 Å². The second kappa shape index (κ2) is 6.32. The number of alkyl halides is 3. The molecule has 0 spiro atoms. The van der Waals surface area contributed by atoms with Crippen LogP contribution in [0, 0.1) is 6.92 Å². The molecule has 1 saturated heterocycles. The highest BCUT2D eigenvalue weighted by Gasteiger charge is 2.40. The number of carbonyl (C=O) groups excluding carboxylic acids is 1. The van der Waals surface area contributed by atoms with Crippen molar-refractivity contribution in [3.8, 4) is 0 Å². The molecule has 1 aliphatic rings. The van der Waals surface area contributed by atoms with E-state index >= 15 is 0 Å². The number of nitrogens with zero attached hydrogens (tertiary/aromatic N) is 3. The first kappa shape index (κ1) is 18.1. The molecule has 9 heteroatoms. The van der Waals surface area contributed by atoms with Gasteiger partial charge >= 0.3 is 6.18 Å². The van der Waals surface area contributed by atoms with Crippen LogP contribution >= 0.6 is 11.6 Å². The molecule has 3 atom stereocenters. The van der Waals surface area contributed by atoms with Gasteiger partial charge in [0.25, 0.3) is 0 Å². The topological polar surface area (TPSA) is 47.4 Å². The molecule has 130 valence electrons. The minimum Gasteiger partial charge on any atom is -0.372 e. The van der Waals surface area contributed by atoms with Gasteiger partial charge in [0.1, 0.15) is 6.04 Å². The standard InChI is InChI=1S/C14H19ClF3N3O2/c1-7-5-20(6-8(2)23-7)13(22)10(4)21-9(3)11(15)12(19-21)14(16,17)18/h7-8,10H,5-6H2,1-4H3/t7-,8-,10-/m1/s1. The van der Waals surface area contributed by atoms with Crippen LogP contribution in [-0.2, 0) is 15.7 Å². The molecule has 0 radical (unpaired) electrons. The Balaban J connectivity index is 2.26. The molecule has 1 amide bonds. The molecule has 0 bridgehead atoms. The largest absolute Gasteiger partial charge is 0.436 e. The maximum Gasteiger partial charge on any atom is 0.436 e. The lowest BCUT2D eigenvalue weighted by Crippen LogP contribution is -2.50. The summed E-state index contributed by atoms with van der Waals surface area (Å²) in [6.45, 7) is 7.42. The first-order valence-corrected chi connectivity index (χ1v) is 7.66. The van der Waals surface area contributed by atoms with Crippen LogP contribution in [-0.4, -0.2) is 45.9 Å². The summed E-state index contributed by atoms with van der Waals surface area (Å²) in [5, 5.41) is 3.04. The van der Waals surface area contributed by atoms with E-state index in [0.717, 1.165) is 4.68 Å². The predicted octanol–water partition coefficient (Wildman–Crippen LogP) is 3.06. The van der Waals surface area contributed by atoms with E-state index in [-0.39, 0.29) is 23.8 Å². The first-order chi connectivity index (χ1) is 10.5. The van der Waals surface area contributed by atoms with Gasteiger partial charge in [-0.15, -0.1) is 0 Å². The van der Waals surface area contributed by atoms with Crippen molar-refractivity contribution in [3.05, 3.63) is 16.4 Å². The van der Waals surface area contributed by atoms with Gasteiger partial charge < -0.3 is 9.64 Å². The summed E-state index contributed by atoms with van der Waals surface area (Å²) >= 11 is 5.73. The number of hydrogen-bond acceptors (Lipinski definition) is 3. The van der Waals surface area contributed by atoms with Crippen molar-refractivity contribution in [3.63, 3.8) is 0 Å². The van der Waals surface area contributed by atoms with E-state index in [1.165, 1.54) is 13.8 Å². The third-order valence-corrected chi connectivity index (χ3v) is 4.25. The molecular weight excluding hydrogens is 335 g/mol. The molecule has 0 aliphatic carbocycles. The monoisotopic (exact) mass is 353 g/mol. The summed E-state index contributed by atoms with van der Waals surface area (Å²) in [5.74, 6) is -0.303. The van der Waals surface area contributed by atoms with Gasteiger partial charge in [0.2, 0.25) is 5.91 Å². The predicted molar refractivity (Wildman–Crippen MR) is 78.3 cm³/mol. The molecule has 2 rings (SSSR count). The van der Waals surface area contributed by atoms with Gasteiger partial charge in [0, 0.05) is 13.1 Å². The van der Waals surface area contributed by atoms with Crippen LogP contribution in [0.4, 0.5) is 13.2 Å². The molecule has 0 N–H and O–H groups in total. The fourth-order valence-corrected chi connectivity index (χ4v) is 3.01. The molecular formula is C14H19ClF3N3O2. The Labute approximate surface area is 137 Å². The van der Waals surface area contributed by atoms with Gasteiger partial charge in [-0.25, -0.2) is 0 Å². The maximum absolute atomic E-state index is 12.9. The van der Waals surface area contributed by atoms with Gasteiger partial charge in [-0.2, -0.15) is 18.3 Å². The minimum absolute atomic E-state index is 0.120. The Kier molecular flexibility index (Phi) is 4.96. The number of aromatic nitrogens is 2. The highest BCUT2D eigenvalue weighted by atomic mass is 35.5. The van der Waals surface area contributed by atoms with E-state index in [1.807, 2.05) is 13.8 Å². The van der Waals surface area contributed by atoms with E-state index in [0.29, 0.717) is 13.1 Å². The highest BCUT2D eigenvalue weighted by molar-refractivity contribution is 6.32. The third-order valence-electron chi connectivity index (χ3n) is 3.80. The number of ether oxygens (including phenoxy) is 1. The molecule has 1 fully saturated rings. The molecule has 23 heavy (non-hydrogen) atoms. The quantitative estimate of drug-likeness (QED) is 0.821. The fraction of sp³-hybridized carbons (Fsp3) is 0.714. The molecule has 1 aromatic heterocycles. The number of carbonyl (C=O) groups is 1. The second-order valence-corrected chi connectivity index (χ2v) is 6.24. The average molecular weight is 354 g/mol. The fourth-order valence-electron chi connectivity index (χ4n) is 2.78. The Morgan fingerprint density at radius 3 is 2.30 bits per heavy atom. The van der Waals surface area contributed by atoms with E-state index in [1.54, 1.807) is 4.90 Å². The van der Waals surface area contributed by atoms with Crippen LogP contribution in [0.3, 0.4) is 0 Å². The summed E-state index contributed by atoms with van der Waals surface area (Å²) < 4.78 is 45.3. The van der Waals surface area contributed by atoms with Crippen molar-refractivity contribution in [1.82, 2.24) is 14.7 Å². The van der Waals surface area contributed by atoms with Crippen molar-refractivity contribution >= 4 is 17.5 Å². The van der Waals surface area contributed by atoms with Gasteiger partial charge in [0.05, 0.1) is 22.9 Å². The van der Waals surface area contributed by atoms with E-state index in [4.69, 9.17) is 16.3 Å². The zero-order chi connectivity index (χ0) is 17.5. The van der Waals surface area contributed by atoms with Crippen LogP contribution in [0.25, 0.3) is 0 Å². The van der Waals surface area contributed by atoms with Gasteiger partial charge in [-0.1, -0.05) is 11.6 Å². The third kappa shape index (κ3) is 3.63. The second-order valence-electron chi connectivity index (χ2n) is 5.87. The summed E-state index contributed by atoms with van der Waals surface area (Å²) in [4.78, 5) is 14.2. The van der Waals surface area contributed by atoms with E-state index < -0.39 is 22.9 Å². The molecule has 2 heterocycles. The van der Waals surface area contributed by atoms with E-state index in [9.17, 15) is 18.0 Å². The molecule has 0 unspecified atom stereocenters. The minimum atomic E-state index is -4.65. The Morgan fingerprint density at radius 2 is 1.87 bits per heavy atom. The lowest BCUT2D eigenvalue weighted by molar-refractivity contribution is -0.147. The first-order valence-electron chi connectivity index (χ1n) is 7.28. The lowest BCUT2D eigenvalue weighted by atomic mass is 10.2. The Hall–Kier alpha value is -1.28. The van der Waals surface area contributed by atoms with Gasteiger partial charge in [0.15, 0.2) is 5.69 Å². The normalized spacial score (nSPS) is 23.9.